The Kier molecular flexibility index (Phi) is 7.20. The monoisotopic (exact) mass is 414 g/mol. The van der Waals surface area contributed by atoms with Crippen LogP contribution in [0.3, 0.4) is 0 Å². The molecule has 0 aliphatic heterocycles. The van der Waals surface area contributed by atoms with E-state index >= 15 is 0 Å². The molecule has 1 aromatic carbocycles. The molecular weight excluding hydrogens is 390 g/mol. The minimum absolute atomic E-state index is 0.0844. The SMILES string of the molecule is CC[C@H](C)c1ccc([C@@H]([NH2+]CC(=O)Nc2cccnc2Cl)c2cccs2)cc1. The van der Waals surface area contributed by atoms with E-state index in [1.807, 2.05) is 6.07 Å². The highest BCUT2D eigenvalue weighted by atomic mass is 35.5. The zero-order chi connectivity index (χ0) is 19.9. The van der Waals surface area contributed by atoms with Crippen LogP contribution in [0, 0.1) is 0 Å². The van der Waals surface area contributed by atoms with Crippen molar-refractivity contribution in [1.29, 1.82) is 0 Å². The van der Waals surface area contributed by atoms with Gasteiger partial charge < -0.3 is 10.6 Å². The third-order valence-corrected chi connectivity index (χ3v) is 6.16. The van der Waals surface area contributed by atoms with Crippen molar-refractivity contribution in [3.63, 3.8) is 0 Å². The second kappa shape index (κ2) is 9.82. The summed E-state index contributed by atoms with van der Waals surface area (Å²) in [6, 6.07) is 16.5. The van der Waals surface area contributed by atoms with Crippen LogP contribution in [0.5, 0.6) is 0 Å². The molecule has 146 valence electrons. The second-order valence-electron chi connectivity index (χ2n) is 6.80. The number of nitrogens with two attached hydrogens (primary N) is 1. The number of quaternary nitrogens is 1. The molecule has 0 radical (unpaired) electrons. The lowest BCUT2D eigenvalue weighted by atomic mass is 9.95. The van der Waals surface area contributed by atoms with Gasteiger partial charge in [-0.3, -0.25) is 4.79 Å². The molecule has 3 rings (SSSR count). The van der Waals surface area contributed by atoms with Crippen molar-refractivity contribution in [1.82, 2.24) is 4.98 Å². The summed E-state index contributed by atoms with van der Waals surface area (Å²) in [5, 5.41) is 7.26. The van der Waals surface area contributed by atoms with E-state index in [1.165, 1.54) is 16.0 Å². The summed E-state index contributed by atoms with van der Waals surface area (Å²) in [5.41, 5.74) is 3.08. The van der Waals surface area contributed by atoms with Crippen LogP contribution in [-0.4, -0.2) is 17.4 Å². The second-order valence-corrected chi connectivity index (χ2v) is 8.14. The Bertz CT molecular complexity index is 896. The first-order valence-electron chi connectivity index (χ1n) is 9.45. The van der Waals surface area contributed by atoms with Crippen LogP contribution in [0.4, 0.5) is 5.69 Å². The number of halogens is 1. The number of nitrogens with one attached hydrogen (secondary N) is 1. The largest absolute Gasteiger partial charge is 0.328 e. The Morgan fingerprint density at radius 2 is 1.93 bits per heavy atom. The Morgan fingerprint density at radius 3 is 2.57 bits per heavy atom. The molecule has 0 spiro atoms. The number of carbonyl (C=O) groups is 1. The minimum Gasteiger partial charge on any atom is -0.328 e. The molecule has 2 atom stereocenters. The van der Waals surface area contributed by atoms with Gasteiger partial charge in [0.15, 0.2) is 11.7 Å². The van der Waals surface area contributed by atoms with Crippen LogP contribution < -0.4 is 10.6 Å². The van der Waals surface area contributed by atoms with Crippen LogP contribution >= 0.6 is 22.9 Å². The summed E-state index contributed by atoms with van der Waals surface area (Å²) in [7, 11) is 0. The lowest BCUT2D eigenvalue weighted by molar-refractivity contribution is -0.675. The molecule has 2 heterocycles. The number of carbonyl (C=O) groups excluding carboxylic acids is 1. The van der Waals surface area contributed by atoms with Crippen molar-refractivity contribution >= 4 is 34.5 Å². The van der Waals surface area contributed by atoms with Gasteiger partial charge in [0.25, 0.3) is 5.91 Å². The number of pyridine rings is 1. The maximum Gasteiger partial charge on any atom is 0.279 e. The smallest absolute Gasteiger partial charge is 0.279 e. The molecule has 0 saturated heterocycles. The number of thiophene rings is 1. The first kappa shape index (κ1) is 20.5. The van der Waals surface area contributed by atoms with Crippen LogP contribution in [0.1, 0.15) is 48.2 Å². The van der Waals surface area contributed by atoms with Crippen molar-refractivity contribution in [2.24, 2.45) is 0 Å². The average molecular weight is 415 g/mol. The zero-order valence-electron chi connectivity index (χ0n) is 16.1. The van der Waals surface area contributed by atoms with E-state index in [9.17, 15) is 4.79 Å². The van der Waals surface area contributed by atoms with Crippen molar-refractivity contribution in [2.75, 3.05) is 11.9 Å². The van der Waals surface area contributed by atoms with E-state index in [-0.39, 0.29) is 11.9 Å². The molecule has 4 nitrogen and oxygen atoms in total. The number of hydrogen-bond donors (Lipinski definition) is 2. The highest BCUT2D eigenvalue weighted by Gasteiger charge is 2.20. The number of benzene rings is 1. The highest BCUT2D eigenvalue weighted by Crippen LogP contribution is 2.25. The number of rotatable bonds is 8. The quantitative estimate of drug-likeness (QED) is 0.529. The molecule has 0 fully saturated rings. The molecule has 3 aromatic rings. The molecule has 2 aromatic heterocycles. The van der Waals surface area contributed by atoms with Crippen molar-refractivity contribution in [3.05, 3.63) is 81.3 Å². The number of aromatic nitrogens is 1. The number of amides is 1. The van der Waals surface area contributed by atoms with E-state index in [4.69, 9.17) is 11.6 Å². The summed E-state index contributed by atoms with van der Waals surface area (Å²) in [4.78, 5) is 17.6. The first-order chi connectivity index (χ1) is 13.6. The molecule has 0 unspecified atom stereocenters. The number of nitrogens with zero attached hydrogens (tertiary/aromatic N) is 1. The van der Waals surface area contributed by atoms with E-state index in [0.29, 0.717) is 23.3 Å². The van der Waals surface area contributed by atoms with Gasteiger partial charge in [-0.05, 0) is 41.5 Å². The van der Waals surface area contributed by atoms with Crippen LogP contribution in [-0.2, 0) is 4.79 Å². The third kappa shape index (κ3) is 5.19. The Morgan fingerprint density at radius 1 is 1.18 bits per heavy atom. The lowest BCUT2D eigenvalue weighted by Crippen LogP contribution is -2.87. The molecule has 6 heteroatoms. The lowest BCUT2D eigenvalue weighted by Gasteiger charge is -2.16. The maximum atomic E-state index is 12.4. The fourth-order valence-corrected chi connectivity index (χ4v) is 4.07. The summed E-state index contributed by atoms with van der Waals surface area (Å²) < 4.78 is 0. The first-order valence-corrected chi connectivity index (χ1v) is 10.7. The number of anilines is 1. The summed E-state index contributed by atoms with van der Waals surface area (Å²) >= 11 is 7.73. The topological polar surface area (TPSA) is 58.6 Å². The number of hydrogen-bond acceptors (Lipinski definition) is 3. The van der Waals surface area contributed by atoms with Gasteiger partial charge in [-0.1, -0.05) is 55.8 Å². The van der Waals surface area contributed by atoms with E-state index < -0.39 is 0 Å². The van der Waals surface area contributed by atoms with Crippen molar-refractivity contribution in [3.8, 4) is 0 Å². The summed E-state index contributed by atoms with van der Waals surface area (Å²) in [6.07, 6.45) is 2.72. The predicted molar refractivity (Wildman–Crippen MR) is 116 cm³/mol. The van der Waals surface area contributed by atoms with E-state index in [0.717, 1.165) is 6.42 Å². The van der Waals surface area contributed by atoms with Crippen molar-refractivity contribution in [2.45, 2.75) is 32.2 Å². The maximum absolute atomic E-state index is 12.4. The summed E-state index contributed by atoms with van der Waals surface area (Å²) in [5.74, 6) is 0.445. The van der Waals surface area contributed by atoms with Gasteiger partial charge in [0.05, 0.1) is 10.6 Å². The fourth-order valence-electron chi connectivity index (χ4n) is 3.06. The predicted octanol–water partition coefficient (Wildman–Crippen LogP) is 4.60. The molecule has 28 heavy (non-hydrogen) atoms. The molecule has 3 N–H and O–H groups in total. The fraction of sp³-hybridized carbons (Fsp3) is 0.273. The van der Waals surface area contributed by atoms with Crippen molar-refractivity contribution < 1.29 is 10.1 Å². The van der Waals surface area contributed by atoms with Gasteiger partial charge in [0.1, 0.15) is 6.04 Å². The minimum atomic E-state index is -0.104. The normalized spacial score (nSPS) is 13.1. The van der Waals surface area contributed by atoms with Gasteiger partial charge in [0, 0.05) is 11.8 Å². The van der Waals surface area contributed by atoms with E-state index in [2.05, 4.69) is 65.2 Å². The van der Waals surface area contributed by atoms with Gasteiger partial charge in [-0.2, -0.15) is 0 Å². The van der Waals surface area contributed by atoms with Crippen LogP contribution in [0.25, 0.3) is 0 Å². The van der Waals surface area contributed by atoms with Crippen LogP contribution in [0.15, 0.2) is 60.1 Å². The van der Waals surface area contributed by atoms with Gasteiger partial charge >= 0.3 is 0 Å². The molecular formula is C22H25ClN3OS+. The molecule has 0 bridgehead atoms. The Labute approximate surface area is 175 Å². The molecule has 0 saturated carbocycles. The zero-order valence-corrected chi connectivity index (χ0v) is 17.6. The summed E-state index contributed by atoms with van der Waals surface area (Å²) in [6.45, 7) is 4.74. The Balaban J connectivity index is 1.71. The standard InChI is InChI=1S/C22H24ClN3OS/c1-3-15(2)16-8-10-17(11-9-16)21(19-7-5-13-28-19)25-14-20(27)26-18-6-4-12-24-22(18)23/h4-13,15,21,25H,3,14H2,1-2H3,(H,26,27)/p+1/t15-,21+/m0/s1. The average Bonchev–Trinajstić information content (AvgIpc) is 3.24. The molecule has 1 amide bonds. The Hall–Kier alpha value is -2.21. The molecule has 0 aliphatic carbocycles. The highest BCUT2D eigenvalue weighted by molar-refractivity contribution is 7.10. The van der Waals surface area contributed by atoms with Gasteiger partial charge in [-0.25, -0.2) is 4.98 Å². The van der Waals surface area contributed by atoms with Gasteiger partial charge in [0.2, 0.25) is 0 Å². The third-order valence-electron chi connectivity index (χ3n) is 4.90. The molecule has 0 aliphatic rings. The van der Waals surface area contributed by atoms with Gasteiger partial charge in [-0.15, -0.1) is 11.3 Å². The van der Waals surface area contributed by atoms with Crippen LogP contribution in [0.2, 0.25) is 5.15 Å². The van der Waals surface area contributed by atoms with E-state index in [1.54, 1.807) is 29.7 Å².